The predicted octanol–water partition coefficient (Wildman–Crippen LogP) is 0.992. The predicted molar refractivity (Wildman–Crippen MR) is 84.3 cm³/mol. The van der Waals surface area contributed by atoms with Crippen LogP contribution in [0.5, 0.6) is 0 Å². The highest BCUT2D eigenvalue weighted by Gasteiger charge is 2.23. The molecule has 5 nitrogen and oxygen atoms in total. The van der Waals surface area contributed by atoms with E-state index in [4.69, 9.17) is 5.73 Å². The third-order valence-corrected chi connectivity index (χ3v) is 4.74. The Morgan fingerprint density at radius 1 is 1.43 bits per heavy atom. The van der Waals surface area contributed by atoms with Gasteiger partial charge in [0.1, 0.15) is 0 Å². The Kier molecular flexibility index (Phi) is 5.64. The van der Waals surface area contributed by atoms with Crippen molar-refractivity contribution in [2.45, 2.75) is 24.3 Å². The highest BCUT2D eigenvalue weighted by molar-refractivity contribution is 8.00. The highest BCUT2D eigenvalue weighted by atomic mass is 32.2. The van der Waals surface area contributed by atoms with Crippen LogP contribution in [-0.2, 0) is 4.79 Å². The second-order valence-electron chi connectivity index (χ2n) is 5.30. The van der Waals surface area contributed by atoms with Crippen LogP contribution >= 0.6 is 11.8 Å². The molecule has 114 valence electrons. The van der Waals surface area contributed by atoms with E-state index in [1.54, 1.807) is 6.07 Å². The molecule has 1 aliphatic rings. The number of benzene rings is 1. The maximum atomic E-state index is 12.5. The van der Waals surface area contributed by atoms with E-state index < -0.39 is 0 Å². The van der Waals surface area contributed by atoms with Gasteiger partial charge < -0.3 is 16.4 Å². The molecule has 1 aliphatic heterocycles. The van der Waals surface area contributed by atoms with Gasteiger partial charge in [0.25, 0.3) is 5.91 Å². The lowest BCUT2D eigenvalue weighted by Gasteiger charge is -2.30. The number of hydrogen-bond acceptors (Lipinski definition) is 4. The van der Waals surface area contributed by atoms with Gasteiger partial charge in [0.2, 0.25) is 5.91 Å². The average Bonchev–Trinajstić information content (AvgIpc) is 2.47. The Labute approximate surface area is 129 Å². The van der Waals surface area contributed by atoms with E-state index in [0.717, 1.165) is 24.4 Å². The molecule has 2 atom stereocenters. The van der Waals surface area contributed by atoms with Gasteiger partial charge in [0, 0.05) is 17.5 Å². The lowest BCUT2D eigenvalue weighted by atomic mass is 9.94. The first-order valence-corrected chi connectivity index (χ1v) is 8.08. The fourth-order valence-corrected chi connectivity index (χ4v) is 3.15. The smallest absolute Gasteiger partial charge is 0.252 e. The minimum absolute atomic E-state index is 0.0943. The van der Waals surface area contributed by atoms with Crippen molar-refractivity contribution in [3.05, 3.63) is 29.8 Å². The van der Waals surface area contributed by atoms with Crippen LogP contribution in [0.1, 0.15) is 23.7 Å². The lowest BCUT2D eigenvalue weighted by molar-refractivity contribution is -0.115. The summed E-state index contributed by atoms with van der Waals surface area (Å²) in [6.07, 6.45) is 1.06. The van der Waals surface area contributed by atoms with Crippen molar-refractivity contribution in [2.75, 3.05) is 18.8 Å². The number of carbonyl (C=O) groups is 2. The van der Waals surface area contributed by atoms with Crippen LogP contribution in [0.4, 0.5) is 0 Å². The molecule has 0 aromatic heterocycles. The minimum atomic E-state index is -0.389. The van der Waals surface area contributed by atoms with Crippen molar-refractivity contribution < 1.29 is 9.59 Å². The summed E-state index contributed by atoms with van der Waals surface area (Å²) in [5.41, 5.74) is 5.76. The van der Waals surface area contributed by atoms with Crippen LogP contribution in [0.2, 0.25) is 0 Å². The average molecular weight is 307 g/mol. The molecule has 0 bridgehead atoms. The third kappa shape index (κ3) is 4.47. The molecule has 0 spiro atoms. The summed E-state index contributed by atoms with van der Waals surface area (Å²) in [4.78, 5) is 24.1. The van der Waals surface area contributed by atoms with Gasteiger partial charge in [-0.3, -0.25) is 9.59 Å². The number of piperidine rings is 1. The molecule has 2 amide bonds. The van der Waals surface area contributed by atoms with Gasteiger partial charge in [-0.25, -0.2) is 0 Å². The number of primary amides is 1. The van der Waals surface area contributed by atoms with Gasteiger partial charge in [-0.15, -0.1) is 11.8 Å². The van der Waals surface area contributed by atoms with Gasteiger partial charge in [-0.05, 0) is 31.0 Å². The first-order chi connectivity index (χ1) is 10.1. The molecular weight excluding hydrogens is 286 g/mol. The van der Waals surface area contributed by atoms with Crippen molar-refractivity contribution in [1.29, 1.82) is 0 Å². The molecule has 0 radical (unpaired) electrons. The van der Waals surface area contributed by atoms with E-state index in [9.17, 15) is 9.59 Å². The first-order valence-electron chi connectivity index (χ1n) is 7.09. The van der Waals surface area contributed by atoms with Crippen LogP contribution in [-0.4, -0.2) is 36.7 Å². The van der Waals surface area contributed by atoms with Gasteiger partial charge >= 0.3 is 0 Å². The fourth-order valence-electron chi connectivity index (χ4n) is 2.36. The Morgan fingerprint density at radius 2 is 2.19 bits per heavy atom. The topological polar surface area (TPSA) is 84.2 Å². The SMILES string of the molecule is CC1CCNCC1NC(=O)c1ccccc1SCC(N)=O. The molecule has 21 heavy (non-hydrogen) atoms. The molecule has 0 saturated carbocycles. The van der Waals surface area contributed by atoms with Gasteiger partial charge in [-0.2, -0.15) is 0 Å². The molecular formula is C15H21N3O2S. The summed E-state index contributed by atoms with van der Waals surface area (Å²) in [5, 5.41) is 6.38. The van der Waals surface area contributed by atoms with Gasteiger partial charge in [-0.1, -0.05) is 19.1 Å². The van der Waals surface area contributed by atoms with E-state index in [-0.39, 0.29) is 23.6 Å². The molecule has 1 heterocycles. The van der Waals surface area contributed by atoms with Crippen LogP contribution < -0.4 is 16.4 Å². The van der Waals surface area contributed by atoms with Gasteiger partial charge in [0.05, 0.1) is 11.3 Å². The summed E-state index contributed by atoms with van der Waals surface area (Å²) in [7, 11) is 0. The molecule has 0 aliphatic carbocycles. The van der Waals surface area contributed by atoms with E-state index in [2.05, 4.69) is 17.6 Å². The number of carbonyl (C=O) groups excluding carboxylic acids is 2. The molecule has 4 N–H and O–H groups in total. The standard InChI is InChI=1S/C15H21N3O2S/c1-10-6-7-17-8-12(10)18-15(20)11-4-2-3-5-13(11)21-9-14(16)19/h2-5,10,12,17H,6-9H2,1H3,(H2,16,19)(H,18,20). The largest absolute Gasteiger partial charge is 0.369 e. The van der Waals surface area contributed by atoms with Crippen LogP contribution in [0.3, 0.4) is 0 Å². The summed E-state index contributed by atoms with van der Waals surface area (Å²) in [5.74, 6) is 0.148. The summed E-state index contributed by atoms with van der Waals surface area (Å²) >= 11 is 1.30. The number of nitrogens with two attached hydrogens (primary N) is 1. The molecule has 1 fully saturated rings. The van der Waals surface area contributed by atoms with Crippen molar-refractivity contribution >= 4 is 23.6 Å². The maximum Gasteiger partial charge on any atom is 0.252 e. The fraction of sp³-hybridized carbons (Fsp3) is 0.467. The molecule has 1 aromatic rings. The maximum absolute atomic E-state index is 12.5. The Balaban J connectivity index is 2.06. The second-order valence-corrected chi connectivity index (χ2v) is 6.32. The Morgan fingerprint density at radius 3 is 2.90 bits per heavy atom. The quantitative estimate of drug-likeness (QED) is 0.708. The normalized spacial score (nSPS) is 21.8. The van der Waals surface area contributed by atoms with Crippen molar-refractivity contribution in [3.63, 3.8) is 0 Å². The summed E-state index contributed by atoms with van der Waals surface area (Å²) < 4.78 is 0. The Hall–Kier alpha value is -1.53. The van der Waals surface area contributed by atoms with Crippen molar-refractivity contribution in [3.8, 4) is 0 Å². The third-order valence-electron chi connectivity index (χ3n) is 3.65. The number of thioether (sulfide) groups is 1. The second kappa shape index (κ2) is 7.47. The summed E-state index contributed by atoms with van der Waals surface area (Å²) in [6.45, 7) is 3.95. The number of nitrogens with one attached hydrogen (secondary N) is 2. The molecule has 1 saturated heterocycles. The van der Waals surface area contributed by atoms with E-state index in [1.807, 2.05) is 18.2 Å². The van der Waals surface area contributed by atoms with Crippen LogP contribution in [0.25, 0.3) is 0 Å². The molecule has 6 heteroatoms. The zero-order chi connectivity index (χ0) is 15.2. The van der Waals surface area contributed by atoms with Crippen molar-refractivity contribution in [1.82, 2.24) is 10.6 Å². The zero-order valence-electron chi connectivity index (χ0n) is 12.1. The molecule has 1 aromatic carbocycles. The van der Waals surface area contributed by atoms with E-state index in [0.29, 0.717) is 11.5 Å². The minimum Gasteiger partial charge on any atom is -0.369 e. The number of amides is 2. The monoisotopic (exact) mass is 307 g/mol. The Bertz CT molecular complexity index is 521. The molecule has 2 unspecified atom stereocenters. The van der Waals surface area contributed by atoms with Crippen molar-refractivity contribution in [2.24, 2.45) is 11.7 Å². The number of rotatable bonds is 5. The highest BCUT2D eigenvalue weighted by Crippen LogP contribution is 2.23. The lowest BCUT2D eigenvalue weighted by Crippen LogP contribution is -2.50. The molecule has 2 rings (SSSR count). The first kappa shape index (κ1) is 15.9. The number of hydrogen-bond donors (Lipinski definition) is 3. The van der Waals surface area contributed by atoms with Gasteiger partial charge in [0.15, 0.2) is 0 Å². The van der Waals surface area contributed by atoms with E-state index >= 15 is 0 Å². The van der Waals surface area contributed by atoms with Crippen LogP contribution in [0, 0.1) is 5.92 Å². The summed E-state index contributed by atoms with van der Waals surface area (Å²) in [6, 6.07) is 7.43. The van der Waals surface area contributed by atoms with Crippen LogP contribution in [0.15, 0.2) is 29.2 Å². The van der Waals surface area contributed by atoms with E-state index in [1.165, 1.54) is 11.8 Å². The zero-order valence-corrected chi connectivity index (χ0v) is 12.9.